The van der Waals surface area contributed by atoms with E-state index in [1.807, 2.05) is 49.4 Å². The van der Waals surface area contributed by atoms with E-state index in [0.29, 0.717) is 31.9 Å². The molecule has 0 spiro atoms. The van der Waals surface area contributed by atoms with Gasteiger partial charge in [0.2, 0.25) is 5.91 Å². The van der Waals surface area contributed by atoms with Gasteiger partial charge in [-0.15, -0.1) is 0 Å². The summed E-state index contributed by atoms with van der Waals surface area (Å²) >= 11 is 0. The van der Waals surface area contributed by atoms with Crippen LogP contribution in [0.2, 0.25) is 0 Å². The Balaban J connectivity index is 1.52. The first-order valence-corrected chi connectivity index (χ1v) is 17.0. The fourth-order valence-electron chi connectivity index (χ4n) is 4.80. The van der Waals surface area contributed by atoms with E-state index >= 15 is 0 Å². The molecule has 0 saturated carbocycles. The molecule has 2 N–H and O–H groups in total. The molecule has 0 radical (unpaired) electrons. The van der Waals surface area contributed by atoms with Crippen LogP contribution in [-0.4, -0.2) is 64.6 Å². The molecule has 10 nitrogen and oxygen atoms in total. The van der Waals surface area contributed by atoms with Crippen LogP contribution in [0, 0.1) is 5.82 Å². The van der Waals surface area contributed by atoms with E-state index in [2.05, 4.69) is 10.0 Å². The van der Waals surface area contributed by atoms with Crippen LogP contribution >= 0.6 is 0 Å². The molecule has 0 aliphatic heterocycles. The number of carbonyl (C=O) groups is 2. The van der Waals surface area contributed by atoms with Crippen LogP contribution in [0.4, 0.5) is 10.1 Å². The van der Waals surface area contributed by atoms with Gasteiger partial charge in [-0.05, 0) is 85.1 Å². The third-order valence-electron chi connectivity index (χ3n) is 7.34. The molecule has 2 amide bonds. The lowest BCUT2D eigenvalue weighted by Crippen LogP contribution is -2.51. The van der Waals surface area contributed by atoms with Gasteiger partial charge in [0.15, 0.2) is 6.61 Å². The zero-order valence-corrected chi connectivity index (χ0v) is 27.7. The van der Waals surface area contributed by atoms with Gasteiger partial charge < -0.3 is 24.4 Å². The SMILES string of the molecule is CCOCCCNC(=O)[C@H](Cc1ccccc1)N(Cc1ccc(OC)cc1)C(=O)COc1ccc(S(=O)(=O)Nc2ccc(F)cc2)cc1. The number of halogens is 1. The van der Waals surface area contributed by atoms with Gasteiger partial charge in [-0.1, -0.05) is 42.5 Å². The summed E-state index contributed by atoms with van der Waals surface area (Å²) in [6, 6.07) is 26.3. The third kappa shape index (κ3) is 10.8. The highest BCUT2D eigenvalue weighted by atomic mass is 32.2. The lowest BCUT2D eigenvalue weighted by atomic mass is 10.0. The summed E-state index contributed by atoms with van der Waals surface area (Å²) in [4.78, 5) is 29.0. The first-order valence-electron chi connectivity index (χ1n) is 15.5. The van der Waals surface area contributed by atoms with Crippen molar-refractivity contribution in [3.05, 3.63) is 120 Å². The minimum absolute atomic E-state index is 0.0458. The number of hydrogen-bond acceptors (Lipinski definition) is 7. The number of sulfonamides is 1. The fraction of sp³-hybridized carbons (Fsp3) is 0.278. The summed E-state index contributed by atoms with van der Waals surface area (Å²) in [5.74, 6) is -0.313. The minimum atomic E-state index is -3.96. The van der Waals surface area contributed by atoms with Crippen molar-refractivity contribution in [2.75, 3.05) is 38.2 Å². The smallest absolute Gasteiger partial charge is 0.261 e. The Morgan fingerprint density at radius 2 is 1.52 bits per heavy atom. The minimum Gasteiger partial charge on any atom is -0.497 e. The Hall–Kier alpha value is -4.94. The van der Waals surface area contributed by atoms with E-state index in [0.717, 1.165) is 23.3 Å². The maximum Gasteiger partial charge on any atom is 0.261 e. The zero-order chi connectivity index (χ0) is 34.4. The van der Waals surface area contributed by atoms with Crippen molar-refractivity contribution in [2.45, 2.75) is 37.2 Å². The van der Waals surface area contributed by atoms with Crippen molar-refractivity contribution in [2.24, 2.45) is 0 Å². The monoisotopic (exact) mass is 677 g/mol. The molecule has 48 heavy (non-hydrogen) atoms. The van der Waals surface area contributed by atoms with Crippen LogP contribution in [0.3, 0.4) is 0 Å². The Bertz CT molecular complexity index is 1700. The van der Waals surface area contributed by atoms with E-state index in [-0.39, 0.29) is 35.2 Å². The molecule has 0 aliphatic carbocycles. The van der Waals surface area contributed by atoms with Crippen LogP contribution in [0.25, 0.3) is 0 Å². The second-order valence-electron chi connectivity index (χ2n) is 10.8. The van der Waals surface area contributed by atoms with Gasteiger partial charge >= 0.3 is 0 Å². The molecule has 1 atom stereocenters. The molecule has 4 rings (SSSR count). The van der Waals surface area contributed by atoms with E-state index < -0.39 is 34.4 Å². The summed E-state index contributed by atoms with van der Waals surface area (Å²) in [6.45, 7) is 3.10. The van der Waals surface area contributed by atoms with Gasteiger partial charge in [0.1, 0.15) is 23.4 Å². The highest BCUT2D eigenvalue weighted by Crippen LogP contribution is 2.21. The van der Waals surface area contributed by atoms with Crippen LogP contribution in [0.5, 0.6) is 11.5 Å². The average Bonchev–Trinajstić information content (AvgIpc) is 3.10. The van der Waals surface area contributed by atoms with Gasteiger partial charge in [-0.2, -0.15) is 0 Å². The first-order chi connectivity index (χ1) is 23.2. The number of amides is 2. The van der Waals surface area contributed by atoms with Crippen LogP contribution in [0.1, 0.15) is 24.5 Å². The molecule has 0 unspecified atom stereocenters. The Morgan fingerprint density at radius 1 is 0.854 bits per heavy atom. The molecular weight excluding hydrogens is 637 g/mol. The molecule has 4 aromatic rings. The number of nitrogens with one attached hydrogen (secondary N) is 2. The third-order valence-corrected chi connectivity index (χ3v) is 8.74. The van der Waals surface area contributed by atoms with Gasteiger partial charge in [0.25, 0.3) is 15.9 Å². The van der Waals surface area contributed by atoms with Gasteiger partial charge in [-0.3, -0.25) is 14.3 Å². The Labute approximate surface area is 280 Å². The molecule has 0 aromatic heterocycles. The number of anilines is 1. The topological polar surface area (TPSA) is 123 Å². The molecule has 0 saturated heterocycles. The predicted molar refractivity (Wildman–Crippen MR) is 181 cm³/mol. The van der Waals surface area contributed by atoms with Gasteiger partial charge in [-0.25, -0.2) is 12.8 Å². The molecule has 0 bridgehead atoms. The molecule has 0 heterocycles. The Morgan fingerprint density at radius 3 is 2.17 bits per heavy atom. The first kappa shape index (κ1) is 35.9. The fourth-order valence-corrected chi connectivity index (χ4v) is 5.86. The quantitative estimate of drug-likeness (QED) is 0.139. The largest absolute Gasteiger partial charge is 0.497 e. The number of hydrogen-bond donors (Lipinski definition) is 2. The van der Waals surface area contributed by atoms with Crippen molar-refractivity contribution in [1.82, 2.24) is 10.2 Å². The normalized spacial score (nSPS) is 11.7. The van der Waals surface area contributed by atoms with E-state index in [4.69, 9.17) is 14.2 Å². The number of ether oxygens (including phenoxy) is 3. The molecule has 0 aliphatic rings. The van der Waals surface area contributed by atoms with E-state index in [1.165, 1.54) is 41.3 Å². The van der Waals surface area contributed by atoms with E-state index in [9.17, 15) is 22.4 Å². The zero-order valence-electron chi connectivity index (χ0n) is 26.9. The highest BCUT2D eigenvalue weighted by Gasteiger charge is 2.30. The van der Waals surface area contributed by atoms with Crippen molar-refractivity contribution < 1.29 is 36.6 Å². The van der Waals surface area contributed by atoms with Crippen LogP contribution in [0.15, 0.2) is 108 Å². The molecular formula is C36H40FN3O7S. The van der Waals surface area contributed by atoms with Crippen LogP contribution < -0.4 is 19.5 Å². The van der Waals surface area contributed by atoms with Gasteiger partial charge in [0.05, 0.1) is 12.0 Å². The van der Waals surface area contributed by atoms with Crippen molar-refractivity contribution in [3.63, 3.8) is 0 Å². The number of benzene rings is 4. The summed E-state index contributed by atoms with van der Waals surface area (Å²) in [7, 11) is -2.39. The van der Waals surface area contributed by atoms with Crippen molar-refractivity contribution in [1.29, 1.82) is 0 Å². The number of methoxy groups -OCH3 is 1. The number of nitrogens with zero attached hydrogens (tertiary/aromatic N) is 1. The second kappa shape index (κ2) is 17.8. The highest BCUT2D eigenvalue weighted by molar-refractivity contribution is 7.92. The number of carbonyl (C=O) groups excluding carboxylic acids is 2. The lowest BCUT2D eigenvalue weighted by Gasteiger charge is -2.31. The lowest BCUT2D eigenvalue weighted by molar-refractivity contribution is -0.142. The molecule has 254 valence electrons. The molecule has 12 heteroatoms. The summed E-state index contributed by atoms with van der Waals surface area (Å²) in [6.07, 6.45) is 0.895. The second-order valence-corrected chi connectivity index (χ2v) is 12.5. The molecule has 0 fully saturated rings. The summed E-state index contributed by atoms with van der Waals surface area (Å²) in [5.41, 5.74) is 1.88. The standard InChI is InChI=1S/C36H40FN3O7S/c1-3-46-23-7-22-38-36(42)34(24-27-8-5-4-6-9-27)40(25-28-10-16-31(45-2)17-11-28)35(41)26-47-32-18-20-33(21-19-32)48(43,44)39-30-14-12-29(37)13-15-30/h4-6,8-21,34,39H,3,7,22-26H2,1-2H3,(H,38,42)/t34-/m0/s1. The summed E-state index contributed by atoms with van der Waals surface area (Å²) < 4.78 is 57.8. The maximum atomic E-state index is 13.9. The Kier molecular flexibility index (Phi) is 13.3. The summed E-state index contributed by atoms with van der Waals surface area (Å²) in [5, 5.41) is 2.96. The average molecular weight is 678 g/mol. The number of rotatable bonds is 18. The maximum absolute atomic E-state index is 13.9. The van der Waals surface area contributed by atoms with Crippen molar-refractivity contribution in [3.8, 4) is 11.5 Å². The van der Waals surface area contributed by atoms with Gasteiger partial charge in [0, 0.05) is 38.4 Å². The van der Waals surface area contributed by atoms with Crippen LogP contribution in [-0.2, 0) is 37.3 Å². The van der Waals surface area contributed by atoms with Crippen molar-refractivity contribution >= 4 is 27.5 Å². The van der Waals surface area contributed by atoms with E-state index in [1.54, 1.807) is 19.2 Å². The predicted octanol–water partition coefficient (Wildman–Crippen LogP) is 5.20. The molecule has 4 aromatic carbocycles.